The maximum absolute atomic E-state index is 14.1. The topological polar surface area (TPSA) is 342 Å². The molecule has 0 amide bonds. The third-order valence-corrected chi connectivity index (χ3v) is 23.3. The largest absolute Gasteiger partial charge is 0.456 e. The summed E-state index contributed by atoms with van der Waals surface area (Å²) in [4.78, 5) is 13.0. The Morgan fingerprint density at radius 3 is 1.38 bits per heavy atom. The van der Waals surface area contributed by atoms with Crippen molar-refractivity contribution in [2.45, 2.75) is 124 Å². The summed E-state index contributed by atoms with van der Waals surface area (Å²) in [5.41, 5.74) is 4.86. The molecule has 0 atom stereocenters. The standard InChI is InChI=1S/C70H79N9O15S5/c1-9-45(10-2)46-24-30-54-60(38-46)93-61-40-48(77(11-3)12-4)25-31-55(61)68(54)58-34-28-51(43-64(58)98(87,88)89)95(80,81)71-36-18-22-66-74-67(76-70(75-66)73-47-20-17-21-53(39-47)97(84,85)86)23-19-37-72-96(82,83)52-29-35-59(65(44-52)99(90,91)92)69-56-32-26-49(78(13-5)14-6)41-62(56)94-63-42-50(27-33-57(63)69)79(15-7)16-8/h17,20-21,24-35,38-45,71-72H,9-16,18-19,22-23,36-37H2,1-8H3,(H2-2,73,74,75,76,84,85,86,87,88,89,90,91,92)/p+2. The second kappa shape index (κ2) is 30.2. The maximum Gasteiger partial charge on any atom is 0.295 e. The van der Waals surface area contributed by atoms with Gasteiger partial charge in [0.05, 0.1) is 26.8 Å². The Hall–Kier alpha value is -8.36. The Balaban J connectivity index is 0.901. The van der Waals surface area contributed by atoms with Gasteiger partial charge in [-0.15, -0.1) is 0 Å². The number of sulfonamides is 2. The van der Waals surface area contributed by atoms with Gasteiger partial charge in [-0.3, -0.25) is 13.7 Å². The third-order valence-electron chi connectivity index (χ3n) is 17.7. The number of nitrogens with one attached hydrogen (secondary N) is 3. The monoisotopic (exact) mass is 1450 g/mol. The van der Waals surface area contributed by atoms with Crippen molar-refractivity contribution in [2.75, 3.05) is 62.6 Å². The molecule has 10 rings (SSSR count). The molecule has 6 N–H and O–H groups in total. The van der Waals surface area contributed by atoms with Crippen LogP contribution in [0.25, 0.3) is 66.8 Å². The zero-order chi connectivity index (χ0) is 71.4. The van der Waals surface area contributed by atoms with Crippen LogP contribution < -0.4 is 39.5 Å². The fraction of sp³-hybridized carbons (Fsp3) is 0.329. The van der Waals surface area contributed by atoms with Crippen LogP contribution in [0.2, 0.25) is 0 Å². The van der Waals surface area contributed by atoms with Crippen molar-refractivity contribution in [3.8, 4) is 44.9 Å². The Morgan fingerprint density at radius 1 is 0.475 bits per heavy atom. The Labute approximate surface area is 577 Å². The summed E-state index contributed by atoms with van der Waals surface area (Å²) in [5.74, 6) is 1.25. The second-order valence-corrected chi connectivity index (χ2v) is 31.4. The van der Waals surface area contributed by atoms with Gasteiger partial charge in [0.1, 0.15) is 70.3 Å². The first-order valence-electron chi connectivity index (χ1n) is 32.8. The Morgan fingerprint density at radius 2 is 0.939 bits per heavy atom. The maximum atomic E-state index is 14.1. The van der Waals surface area contributed by atoms with Crippen molar-refractivity contribution in [2.24, 2.45) is 0 Å². The summed E-state index contributed by atoms with van der Waals surface area (Å²) in [6, 6.07) is 34.7. The first-order valence-corrected chi connectivity index (χ1v) is 40.1. The highest BCUT2D eigenvalue weighted by Crippen LogP contribution is 2.46. The van der Waals surface area contributed by atoms with E-state index < -0.39 is 74.9 Å². The van der Waals surface area contributed by atoms with Crippen LogP contribution in [0.3, 0.4) is 0 Å². The molecule has 3 heterocycles. The van der Waals surface area contributed by atoms with Crippen molar-refractivity contribution in [1.82, 2.24) is 33.5 Å². The Bertz CT molecular complexity index is 5100. The van der Waals surface area contributed by atoms with E-state index in [1.807, 2.05) is 114 Å². The van der Waals surface area contributed by atoms with Gasteiger partial charge in [-0.25, -0.2) is 40.4 Å². The van der Waals surface area contributed by atoms with Crippen LogP contribution in [0, 0.1) is 0 Å². The molecule has 6 aromatic rings. The van der Waals surface area contributed by atoms with Gasteiger partial charge < -0.3 is 19.1 Å². The Kier molecular flexibility index (Phi) is 22.4. The van der Waals surface area contributed by atoms with Crippen molar-refractivity contribution in [3.05, 3.63) is 161 Å². The van der Waals surface area contributed by atoms with E-state index in [-0.39, 0.29) is 79.1 Å². The van der Waals surface area contributed by atoms with Crippen molar-refractivity contribution < 1.29 is 64.6 Å². The van der Waals surface area contributed by atoms with Gasteiger partial charge in [-0.1, -0.05) is 44.2 Å². The van der Waals surface area contributed by atoms with Gasteiger partial charge in [0.2, 0.25) is 36.7 Å². The highest BCUT2D eigenvalue weighted by molar-refractivity contribution is 7.90. The molecule has 99 heavy (non-hydrogen) atoms. The van der Waals surface area contributed by atoms with E-state index in [9.17, 15) is 55.7 Å². The average Bonchev–Trinajstić information content (AvgIpc) is 0.743. The molecule has 24 nitrogen and oxygen atoms in total. The number of anilines is 3. The van der Waals surface area contributed by atoms with Crippen LogP contribution in [0.5, 0.6) is 0 Å². The summed E-state index contributed by atoms with van der Waals surface area (Å²) in [7, 11) is -23.8. The SMILES string of the molecule is CCC(CC)c1ccc2c(-c3ccc(S(=O)(=O)NCCCc4nc(CCCNS(=O)(=O)c5ccc(-c6c7ccc(=[N+](CC)CC)cc-7oc7cc(N(CC)CC)ccc67)c(S(=O)(=O)O)c5)nc(Nc5cccc(S(=O)(=O)O)c5)n4)cc3S(=O)(=O)O)c3ccc(=[N+](CC)CC)cc-3oc2c1. The molecule has 2 aliphatic heterocycles. The minimum atomic E-state index is -5.10. The molecule has 0 radical (unpaired) electrons. The minimum Gasteiger partial charge on any atom is -0.456 e. The molecular formula is C70H81N9O15S5+2. The first kappa shape index (κ1) is 73.4. The number of nitrogens with zero attached hydrogens (tertiary/aromatic N) is 6. The molecule has 1 aromatic heterocycles. The summed E-state index contributed by atoms with van der Waals surface area (Å²) in [6.45, 7) is 20.1. The van der Waals surface area contributed by atoms with E-state index in [4.69, 9.17) is 8.83 Å². The van der Waals surface area contributed by atoms with Crippen molar-refractivity contribution in [1.29, 1.82) is 0 Å². The van der Waals surface area contributed by atoms with Gasteiger partial charge in [0, 0.05) is 113 Å². The molecule has 4 aliphatic rings. The van der Waals surface area contributed by atoms with Crippen molar-refractivity contribution >= 4 is 89.7 Å². The highest BCUT2D eigenvalue weighted by Gasteiger charge is 2.30. The zero-order valence-electron chi connectivity index (χ0n) is 56.1. The lowest BCUT2D eigenvalue weighted by atomic mass is 9.90. The molecule has 0 spiro atoms. The smallest absolute Gasteiger partial charge is 0.295 e. The molecule has 0 saturated carbocycles. The molecule has 2 aliphatic carbocycles. The first-order chi connectivity index (χ1) is 47.1. The van der Waals surface area contributed by atoms with E-state index in [0.717, 1.165) is 53.0 Å². The molecule has 524 valence electrons. The highest BCUT2D eigenvalue weighted by atomic mass is 32.2. The number of aryl methyl sites for hydroxylation is 2. The number of benzene rings is 7. The molecule has 0 unspecified atom stereocenters. The molecule has 5 aromatic carbocycles. The summed E-state index contributed by atoms with van der Waals surface area (Å²) >= 11 is 0. The van der Waals surface area contributed by atoms with Gasteiger partial charge in [-0.05, 0) is 152 Å². The molecule has 29 heteroatoms. The lowest BCUT2D eigenvalue weighted by Crippen LogP contribution is -2.29. The van der Waals surface area contributed by atoms with Gasteiger partial charge in [0.15, 0.2) is 0 Å². The van der Waals surface area contributed by atoms with E-state index in [1.165, 1.54) is 42.5 Å². The van der Waals surface area contributed by atoms with Crippen LogP contribution in [0.15, 0.2) is 167 Å². The van der Waals surface area contributed by atoms with Crippen molar-refractivity contribution in [3.63, 3.8) is 0 Å². The zero-order valence-corrected chi connectivity index (χ0v) is 60.2. The van der Waals surface area contributed by atoms with Crippen LogP contribution in [0.4, 0.5) is 17.3 Å². The number of fused-ring (bicyclic) bond motifs is 4. The fourth-order valence-corrected chi connectivity index (χ4v) is 16.9. The van der Waals surface area contributed by atoms with E-state index >= 15 is 0 Å². The molecular weight excluding hydrogens is 1370 g/mol. The normalized spacial score (nSPS) is 12.5. The van der Waals surface area contributed by atoms with Crippen LogP contribution in [0.1, 0.15) is 104 Å². The lowest BCUT2D eigenvalue weighted by Gasteiger charge is -2.22. The van der Waals surface area contributed by atoms with E-state index in [0.29, 0.717) is 95.0 Å². The number of rotatable bonds is 29. The minimum absolute atomic E-state index is 0.00206. The molecule has 0 bridgehead atoms. The molecule has 0 fully saturated rings. The second-order valence-electron chi connectivity index (χ2n) is 23.7. The number of hydrogen-bond acceptors (Lipinski definition) is 17. The van der Waals surface area contributed by atoms with Crippen LogP contribution >= 0.6 is 0 Å². The third kappa shape index (κ3) is 16.3. The van der Waals surface area contributed by atoms with Crippen LogP contribution in [-0.4, -0.2) is 123 Å². The quantitative estimate of drug-likeness (QED) is 0.0110. The summed E-state index contributed by atoms with van der Waals surface area (Å²) in [5, 5.41) is 5.70. The lowest BCUT2D eigenvalue weighted by molar-refractivity contribution is 0.481. The van der Waals surface area contributed by atoms with E-state index in [1.54, 1.807) is 0 Å². The number of hydrogen-bond donors (Lipinski definition) is 6. The average molecular weight is 1450 g/mol. The number of aromatic nitrogens is 3. The summed E-state index contributed by atoms with van der Waals surface area (Å²) in [6.07, 6.45) is 1.84. The predicted molar refractivity (Wildman–Crippen MR) is 382 cm³/mol. The fourth-order valence-electron chi connectivity index (χ4n) is 12.6. The van der Waals surface area contributed by atoms with Crippen LogP contribution in [-0.2, 0) is 63.2 Å². The van der Waals surface area contributed by atoms with Gasteiger partial charge >= 0.3 is 0 Å². The predicted octanol–water partition coefficient (Wildman–Crippen LogP) is 10.6. The van der Waals surface area contributed by atoms with Gasteiger partial charge in [0.25, 0.3) is 30.4 Å². The molecule has 0 saturated heterocycles. The summed E-state index contributed by atoms with van der Waals surface area (Å²) < 4.78 is 188. The van der Waals surface area contributed by atoms with Gasteiger partial charge in [-0.2, -0.15) is 35.2 Å². The van der Waals surface area contributed by atoms with E-state index in [2.05, 4.69) is 57.6 Å².